The van der Waals surface area contributed by atoms with E-state index in [-0.39, 0.29) is 18.9 Å². The molecule has 1 atom stereocenters. The van der Waals surface area contributed by atoms with Gasteiger partial charge in [0.2, 0.25) is 0 Å². The molecule has 0 saturated heterocycles. The molecular formula is C30H35Cl2NO6. The van der Waals surface area contributed by atoms with Crippen LogP contribution < -0.4 is 18.9 Å². The maximum absolute atomic E-state index is 13.3. The zero-order chi connectivity index (χ0) is 28.5. The number of fused-ring (bicyclic) bond motifs is 1. The molecule has 1 heterocycles. The van der Waals surface area contributed by atoms with Gasteiger partial charge >= 0.3 is 5.97 Å². The topological polar surface area (TPSA) is 66.5 Å². The molecule has 0 amide bonds. The summed E-state index contributed by atoms with van der Waals surface area (Å²) in [5.74, 6) is 2.07. The molecule has 210 valence electrons. The summed E-state index contributed by atoms with van der Waals surface area (Å²) in [6, 6.07) is 9.36. The van der Waals surface area contributed by atoms with E-state index >= 15 is 0 Å². The Kier molecular flexibility index (Phi) is 11.2. The standard InChI is InChI=1S/C30H35Cl2NO6/c1-7-23(31)22(24(32)8-2)16-26(20-9-10-25(35-3)27(14-20)36-4)39-30(34)18-33-12-11-19-13-28(37-5)29(38-6)15-21(19)17-33/h7-10,13-15,26H,1,11-12,16-18H2,2-6H3/b23-22+,24-8+/t26-/m0/s1. The van der Waals surface area contributed by atoms with Crippen LogP contribution in [0.15, 0.2) is 64.7 Å². The number of rotatable bonds is 12. The maximum Gasteiger partial charge on any atom is 0.320 e. The highest BCUT2D eigenvalue weighted by Crippen LogP contribution is 2.38. The highest BCUT2D eigenvalue weighted by molar-refractivity contribution is 6.36. The van der Waals surface area contributed by atoms with Crippen molar-refractivity contribution in [1.29, 1.82) is 0 Å². The second kappa shape index (κ2) is 14.3. The largest absolute Gasteiger partial charge is 0.493 e. The van der Waals surface area contributed by atoms with Crippen molar-refractivity contribution in [3.05, 3.63) is 81.4 Å². The maximum atomic E-state index is 13.3. The van der Waals surface area contributed by atoms with Crippen LogP contribution >= 0.6 is 23.2 Å². The monoisotopic (exact) mass is 575 g/mol. The quantitative estimate of drug-likeness (QED) is 0.209. The van der Waals surface area contributed by atoms with E-state index in [9.17, 15) is 4.79 Å². The Morgan fingerprint density at radius 2 is 1.59 bits per heavy atom. The van der Waals surface area contributed by atoms with Gasteiger partial charge in [-0.15, -0.1) is 0 Å². The second-order valence-corrected chi connectivity index (χ2v) is 9.72. The lowest BCUT2D eigenvalue weighted by molar-refractivity contribution is -0.151. The first-order valence-corrected chi connectivity index (χ1v) is 13.2. The fourth-order valence-electron chi connectivity index (χ4n) is 4.53. The van der Waals surface area contributed by atoms with E-state index in [4.69, 9.17) is 46.9 Å². The van der Waals surface area contributed by atoms with E-state index in [1.807, 2.05) is 25.1 Å². The summed E-state index contributed by atoms with van der Waals surface area (Å²) in [4.78, 5) is 15.3. The third-order valence-corrected chi connectivity index (χ3v) is 7.43. The van der Waals surface area contributed by atoms with Crippen molar-refractivity contribution in [2.24, 2.45) is 0 Å². The molecule has 39 heavy (non-hydrogen) atoms. The number of hydrogen-bond acceptors (Lipinski definition) is 7. The Morgan fingerprint density at radius 1 is 0.974 bits per heavy atom. The minimum absolute atomic E-state index is 0.114. The van der Waals surface area contributed by atoms with Crippen molar-refractivity contribution >= 4 is 29.2 Å². The molecule has 0 unspecified atom stereocenters. The molecule has 0 saturated carbocycles. The number of allylic oxidation sites excluding steroid dienone is 4. The molecule has 3 rings (SSSR count). The van der Waals surface area contributed by atoms with Gasteiger partial charge in [0.1, 0.15) is 6.10 Å². The average molecular weight is 577 g/mol. The Balaban J connectivity index is 1.85. The molecule has 0 radical (unpaired) electrons. The van der Waals surface area contributed by atoms with Crippen molar-refractivity contribution in [1.82, 2.24) is 4.90 Å². The van der Waals surface area contributed by atoms with Crippen LogP contribution in [0.1, 0.15) is 36.1 Å². The van der Waals surface area contributed by atoms with Gasteiger partial charge in [0.15, 0.2) is 23.0 Å². The van der Waals surface area contributed by atoms with Crippen LogP contribution in [0.2, 0.25) is 0 Å². The van der Waals surface area contributed by atoms with Gasteiger partial charge in [-0.1, -0.05) is 48.0 Å². The first kappa shape index (κ1) is 30.4. The van der Waals surface area contributed by atoms with Gasteiger partial charge in [-0.05, 0) is 59.9 Å². The Hall–Kier alpha value is -3.13. The summed E-state index contributed by atoms with van der Waals surface area (Å²) >= 11 is 12.9. The van der Waals surface area contributed by atoms with Gasteiger partial charge in [0.05, 0.1) is 35.0 Å². The van der Waals surface area contributed by atoms with Crippen LogP contribution in [0.3, 0.4) is 0 Å². The van der Waals surface area contributed by atoms with Gasteiger partial charge in [0, 0.05) is 29.6 Å². The first-order chi connectivity index (χ1) is 18.8. The number of halogens is 2. The predicted molar refractivity (Wildman–Crippen MR) is 154 cm³/mol. The number of hydrogen-bond donors (Lipinski definition) is 0. The predicted octanol–water partition coefficient (Wildman–Crippen LogP) is 6.58. The van der Waals surface area contributed by atoms with Crippen molar-refractivity contribution in [2.45, 2.75) is 32.4 Å². The Morgan fingerprint density at radius 3 is 2.18 bits per heavy atom. The highest BCUT2D eigenvalue weighted by atomic mass is 35.5. The molecule has 0 N–H and O–H groups in total. The number of carbonyl (C=O) groups is 1. The molecule has 0 aromatic heterocycles. The lowest BCUT2D eigenvalue weighted by Gasteiger charge is -2.29. The fraction of sp³-hybridized carbons (Fsp3) is 0.367. The molecular weight excluding hydrogens is 541 g/mol. The third-order valence-electron chi connectivity index (χ3n) is 6.60. The first-order valence-electron chi connectivity index (χ1n) is 12.5. The van der Waals surface area contributed by atoms with E-state index < -0.39 is 6.10 Å². The molecule has 0 aliphatic carbocycles. The Bertz CT molecular complexity index is 1260. The van der Waals surface area contributed by atoms with Crippen molar-refractivity contribution < 1.29 is 28.5 Å². The summed E-state index contributed by atoms with van der Waals surface area (Å²) in [6.45, 7) is 6.98. The molecule has 9 heteroatoms. The third kappa shape index (κ3) is 7.50. The van der Waals surface area contributed by atoms with E-state index in [0.717, 1.165) is 12.0 Å². The average Bonchev–Trinajstić information content (AvgIpc) is 2.97. The van der Waals surface area contributed by atoms with Gasteiger partial charge in [-0.3, -0.25) is 9.69 Å². The Labute approximate surface area is 240 Å². The van der Waals surface area contributed by atoms with Crippen LogP contribution in [-0.4, -0.2) is 52.4 Å². The SMILES string of the molecule is C=C/C(Cl)=C(C[C@H](OC(=O)CN1CCc2cc(OC)c(OC)cc2C1)c1ccc(OC)c(OC)c1)\C(Cl)=C/C. The minimum Gasteiger partial charge on any atom is -0.493 e. The van der Waals surface area contributed by atoms with E-state index in [1.54, 1.807) is 46.6 Å². The van der Waals surface area contributed by atoms with Crippen LogP contribution in [0.4, 0.5) is 0 Å². The summed E-state index contributed by atoms with van der Waals surface area (Å²) in [5, 5.41) is 0.843. The number of nitrogens with zero attached hydrogens (tertiary/aromatic N) is 1. The second-order valence-electron chi connectivity index (χ2n) is 8.90. The molecule has 0 bridgehead atoms. The van der Waals surface area contributed by atoms with Crippen molar-refractivity contribution in [3.8, 4) is 23.0 Å². The van der Waals surface area contributed by atoms with Gasteiger partial charge in [0.25, 0.3) is 0 Å². The van der Waals surface area contributed by atoms with E-state index in [0.29, 0.717) is 57.3 Å². The molecule has 0 spiro atoms. The normalized spacial score (nSPS) is 15.0. The fourth-order valence-corrected chi connectivity index (χ4v) is 4.93. The highest BCUT2D eigenvalue weighted by Gasteiger charge is 2.26. The molecule has 2 aromatic carbocycles. The molecule has 1 aliphatic rings. The lowest BCUT2D eigenvalue weighted by Crippen LogP contribution is -2.36. The number of methoxy groups -OCH3 is 4. The van der Waals surface area contributed by atoms with E-state index in [2.05, 4.69) is 11.5 Å². The van der Waals surface area contributed by atoms with Gasteiger partial charge < -0.3 is 23.7 Å². The van der Waals surface area contributed by atoms with Crippen molar-refractivity contribution in [3.63, 3.8) is 0 Å². The van der Waals surface area contributed by atoms with E-state index in [1.165, 1.54) is 11.6 Å². The van der Waals surface area contributed by atoms with Crippen LogP contribution in [0.5, 0.6) is 23.0 Å². The summed E-state index contributed by atoms with van der Waals surface area (Å²) in [6.07, 6.45) is 3.60. The van der Waals surface area contributed by atoms with Gasteiger partial charge in [-0.2, -0.15) is 0 Å². The summed E-state index contributed by atoms with van der Waals surface area (Å²) < 4.78 is 27.8. The summed E-state index contributed by atoms with van der Waals surface area (Å²) in [5.41, 5.74) is 3.60. The van der Waals surface area contributed by atoms with Crippen LogP contribution in [-0.2, 0) is 22.5 Å². The summed E-state index contributed by atoms with van der Waals surface area (Å²) in [7, 11) is 6.35. The van der Waals surface area contributed by atoms with Crippen molar-refractivity contribution in [2.75, 3.05) is 41.5 Å². The molecule has 2 aromatic rings. The molecule has 1 aliphatic heterocycles. The van der Waals surface area contributed by atoms with Crippen LogP contribution in [0.25, 0.3) is 0 Å². The van der Waals surface area contributed by atoms with Crippen LogP contribution in [0, 0.1) is 0 Å². The number of ether oxygens (including phenoxy) is 5. The smallest absolute Gasteiger partial charge is 0.320 e. The zero-order valence-corrected chi connectivity index (χ0v) is 24.5. The van der Waals surface area contributed by atoms with Gasteiger partial charge in [-0.25, -0.2) is 0 Å². The number of benzene rings is 2. The molecule has 0 fully saturated rings. The minimum atomic E-state index is -0.684. The lowest BCUT2D eigenvalue weighted by atomic mass is 9.98. The zero-order valence-electron chi connectivity index (χ0n) is 23.0. The molecule has 7 nitrogen and oxygen atoms in total. The number of carbonyl (C=O) groups excluding carboxylic acids is 1. The number of esters is 1.